The van der Waals surface area contributed by atoms with Crippen molar-refractivity contribution < 1.29 is 4.42 Å². The fraction of sp³-hybridized carbons (Fsp3) is 0. The summed E-state index contributed by atoms with van der Waals surface area (Å²) < 4.78 is 5.03. The summed E-state index contributed by atoms with van der Waals surface area (Å²) in [5, 5.41) is 2.90. The lowest BCUT2D eigenvalue weighted by Gasteiger charge is -1.98. The van der Waals surface area contributed by atoms with E-state index in [4.69, 9.17) is 16.0 Å². The van der Waals surface area contributed by atoms with E-state index in [9.17, 15) is 4.79 Å². The fourth-order valence-corrected chi connectivity index (χ4v) is 1.90. The van der Waals surface area contributed by atoms with Crippen LogP contribution in [-0.4, -0.2) is 4.98 Å². The zero-order valence-corrected chi connectivity index (χ0v) is 8.34. The molecule has 0 atom stereocenters. The summed E-state index contributed by atoms with van der Waals surface area (Å²) in [7, 11) is 0. The lowest BCUT2D eigenvalue weighted by Crippen LogP contribution is -2.04. The van der Waals surface area contributed by atoms with Crippen LogP contribution in [0, 0.1) is 0 Å². The number of hydrogen-bond donors (Lipinski definition) is 1. The highest BCUT2D eigenvalue weighted by Crippen LogP contribution is 2.24. The Morgan fingerprint density at radius 3 is 2.80 bits per heavy atom. The third kappa shape index (κ3) is 1.17. The van der Waals surface area contributed by atoms with Crippen LogP contribution in [0.15, 0.2) is 39.9 Å². The number of furan rings is 1. The molecule has 0 amide bonds. The van der Waals surface area contributed by atoms with Crippen molar-refractivity contribution in [3.63, 3.8) is 0 Å². The van der Waals surface area contributed by atoms with E-state index in [1.807, 2.05) is 6.07 Å². The van der Waals surface area contributed by atoms with Gasteiger partial charge in [0.2, 0.25) is 0 Å². The summed E-state index contributed by atoms with van der Waals surface area (Å²) in [5.41, 5.74) is 0.565. The zero-order valence-electron chi connectivity index (χ0n) is 7.58. The monoisotopic (exact) mass is 219 g/mol. The highest BCUT2D eigenvalue weighted by atomic mass is 35.5. The van der Waals surface area contributed by atoms with Gasteiger partial charge in [0, 0.05) is 15.8 Å². The first-order valence-corrected chi connectivity index (χ1v) is 4.81. The van der Waals surface area contributed by atoms with Crippen molar-refractivity contribution in [1.82, 2.24) is 4.98 Å². The smallest absolute Gasteiger partial charge is 0.259 e. The Balaban J connectivity index is 2.66. The summed E-state index contributed by atoms with van der Waals surface area (Å²) in [6.07, 6.45) is 3.02. The second-order valence-corrected chi connectivity index (χ2v) is 3.78. The van der Waals surface area contributed by atoms with Gasteiger partial charge in [0.1, 0.15) is 6.26 Å². The molecule has 3 nitrogen and oxygen atoms in total. The van der Waals surface area contributed by atoms with E-state index in [1.54, 1.807) is 18.4 Å². The molecule has 0 fully saturated rings. The van der Waals surface area contributed by atoms with E-state index >= 15 is 0 Å². The highest BCUT2D eigenvalue weighted by Gasteiger charge is 2.06. The molecule has 0 saturated carbocycles. The van der Waals surface area contributed by atoms with Gasteiger partial charge in [-0.2, -0.15) is 0 Å². The summed E-state index contributed by atoms with van der Waals surface area (Å²) in [4.78, 5) is 14.4. The highest BCUT2D eigenvalue weighted by molar-refractivity contribution is 6.31. The van der Waals surface area contributed by atoms with Gasteiger partial charge in [-0.1, -0.05) is 17.7 Å². The molecule has 0 spiro atoms. The maximum Gasteiger partial charge on any atom is 0.259 e. The van der Waals surface area contributed by atoms with Crippen molar-refractivity contribution in [2.45, 2.75) is 0 Å². The van der Waals surface area contributed by atoms with Crippen molar-refractivity contribution in [3.8, 4) is 0 Å². The zero-order chi connectivity index (χ0) is 10.4. The molecular weight excluding hydrogens is 214 g/mol. The maximum atomic E-state index is 11.6. The predicted octanol–water partition coefficient (Wildman–Crippen LogP) is 2.93. The van der Waals surface area contributed by atoms with Gasteiger partial charge < -0.3 is 9.40 Å². The van der Waals surface area contributed by atoms with E-state index in [2.05, 4.69) is 4.98 Å². The van der Waals surface area contributed by atoms with Crippen molar-refractivity contribution >= 4 is 33.3 Å². The van der Waals surface area contributed by atoms with Crippen molar-refractivity contribution in [1.29, 1.82) is 0 Å². The topological polar surface area (TPSA) is 46.0 Å². The molecule has 74 valence electrons. The average Bonchev–Trinajstić information content (AvgIpc) is 2.66. The molecule has 0 aliphatic carbocycles. The Bertz CT molecular complexity index is 711. The number of halogens is 1. The lowest BCUT2D eigenvalue weighted by molar-refractivity contribution is 0.572. The molecule has 15 heavy (non-hydrogen) atoms. The molecule has 1 aromatic carbocycles. The minimum absolute atomic E-state index is 0.159. The molecule has 0 bridgehead atoms. The van der Waals surface area contributed by atoms with Gasteiger partial charge in [-0.25, -0.2) is 0 Å². The average molecular weight is 220 g/mol. The van der Waals surface area contributed by atoms with Crippen LogP contribution in [0.5, 0.6) is 0 Å². The van der Waals surface area contributed by atoms with Crippen LogP contribution in [-0.2, 0) is 0 Å². The number of aromatic amines is 1. The number of rotatable bonds is 0. The van der Waals surface area contributed by atoms with Crippen molar-refractivity contribution in [2.24, 2.45) is 0 Å². The van der Waals surface area contributed by atoms with Gasteiger partial charge in [0.25, 0.3) is 5.56 Å². The molecule has 3 aromatic rings. The third-order valence-electron chi connectivity index (χ3n) is 2.43. The molecule has 2 aromatic heterocycles. The van der Waals surface area contributed by atoms with Crippen LogP contribution < -0.4 is 5.56 Å². The fourth-order valence-electron chi connectivity index (χ4n) is 1.73. The standard InChI is InChI=1S/C11H6ClNO2/c12-6-1-2-7-8-4-15-5-9(8)11(14)13-10(7)3-6/h1-5H,(H,13,14). The number of aromatic nitrogens is 1. The van der Waals surface area contributed by atoms with Crippen molar-refractivity contribution in [2.75, 3.05) is 0 Å². The first kappa shape index (κ1) is 8.56. The second-order valence-electron chi connectivity index (χ2n) is 3.34. The van der Waals surface area contributed by atoms with Crippen LogP contribution in [0.4, 0.5) is 0 Å². The van der Waals surface area contributed by atoms with Gasteiger partial charge >= 0.3 is 0 Å². The van der Waals surface area contributed by atoms with Gasteiger partial charge in [-0.05, 0) is 12.1 Å². The van der Waals surface area contributed by atoms with E-state index in [1.165, 1.54) is 6.26 Å². The Hall–Kier alpha value is -1.74. The van der Waals surface area contributed by atoms with Crippen LogP contribution in [0.3, 0.4) is 0 Å². The largest absolute Gasteiger partial charge is 0.471 e. The van der Waals surface area contributed by atoms with Crippen LogP contribution in [0.1, 0.15) is 0 Å². The van der Waals surface area contributed by atoms with E-state index < -0.39 is 0 Å². The normalized spacial score (nSPS) is 11.3. The third-order valence-corrected chi connectivity index (χ3v) is 2.66. The number of H-pyrrole nitrogens is 1. The van der Waals surface area contributed by atoms with Gasteiger partial charge in [-0.15, -0.1) is 0 Å². The number of hydrogen-bond acceptors (Lipinski definition) is 2. The minimum Gasteiger partial charge on any atom is -0.471 e. The first-order chi connectivity index (χ1) is 7.25. The molecule has 4 heteroatoms. The molecule has 0 radical (unpaired) electrons. The number of nitrogens with one attached hydrogen (secondary N) is 1. The van der Waals surface area contributed by atoms with Crippen LogP contribution >= 0.6 is 11.6 Å². The van der Waals surface area contributed by atoms with E-state index in [0.717, 1.165) is 16.3 Å². The molecule has 0 saturated heterocycles. The maximum absolute atomic E-state index is 11.6. The summed E-state index contributed by atoms with van der Waals surface area (Å²) in [6, 6.07) is 5.38. The number of fused-ring (bicyclic) bond motifs is 3. The minimum atomic E-state index is -0.159. The first-order valence-electron chi connectivity index (χ1n) is 4.43. The quantitative estimate of drug-likeness (QED) is 0.632. The number of pyridine rings is 1. The van der Waals surface area contributed by atoms with Gasteiger partial charge in [0.15, 0.2) is 0 Å². The Morgan fingerprint density at radius 2 is 1.93 bits per heavy atom. The SMILES string of the molecule is O=c1[nH]c2cc(Cl)ccc2c2cocc12. The van der Waals surface area contributed by atoms with E-state index in [0.29, 0.717) is 10.4 Å². The summed E-state index contributed by atoms with van der Waals surface area (Å²) >= 11 is 5.85. The van der Waals surface area contributed by atoms with Crippen molar-refractivity contribution in [3.05, 3.63) is 46.1 Å². The molecule has 3 rings (SSSR count). The molecule has 0 aliphatic heterocycles. The number of benzene rings is 1. The van der Waals surface area contributed by atoms with Gasteiger partial charge in [0.05, 0.1) is 17.2 Å². The predicted molar refractivity (Wildman–Crippen MR) is 59.4 cm³/mol. The Kier molecular flexibility index (Phi) is 1.64. The second kappa shape index (κ2) is 2.87. The Labute approximate surface area is 89.3 Å². The molecule has 0 aliphatic rings. The molecule has 2 heterocycles. The molecular formula is C11H6ClNO2. The van der Waals surface area contributed by atoms with Crippen LogP contribution in [0.25, 0.3) is 21.7 Å². The van der Waals surface area contributed by atoms with Crippen LogP contribution in [0.2, 0.25) is 5.02 Å². The molecule has 0 unspecified atom stereocenters. The van der Waals surface area contributed by atoms with E-state index in [-0.39, 0.29) is 5.56 Å². The lowest BCUT2D eigenvalue weighted by atomic mass is 10.1. The summed E-state index contributed by atoms with van der Waals surface area (Å²) in [5.74, 6) is 0. The molecule has 1 N–H and O–H groups in total. The Morgan fingerprint density at radius 1 is 1.13 bits per heavy atom. The van der Waals surface area contributed by atoms with Gasteiger partial charge in [-0.3, -0.25) is 4.79 Å². The summed E-state index contributed by atoms with van der Waals surface area (Å²) in [6.45, 7) is 0.